The van der Waals surface area contributed by atoms with E-state index >= 15 is 0 Å². The predicted octanol–water partition coefficient (Wildman–Crippen LogP) is 2.19. The van der Waals surface area contributed by atoms with Gasteiger partial charge in [-0.15, -0.1) is 0 Å². The summed E-state index contributed by atoms with van der Waals surface area (Å²) >= 11 is 0. The summed E-state index contributed by atoms with van der Waals surface area (Å²) in [7, 11) is 1.71. The summed E-state index contributed by atoms with van der Waals surface area (Å²) in [5, 5.41) is 0. The number of aromatic amines is 1. The van der Waals surface area contributed by atoms with Crippen LogP contribution in [0.5, 0.6) is 0 Å². The van der Waals surface area contributed by atoms with Crippen molar-refractivity contribution in [2.45, 2.75) is 5.92 Å². The van der Waals surface area contributed by atoms with Gasteiger partial charge >= 0.3 is 0 Å². The highest BCUT2D eigenvalue weighted by Crippen LogP contribution is 2.21. The second kappa shape index (κ2) is 4.75. The van der Waals surface area contributed by atoms with Gasteiger partial charge in [-0.05, 0) is 5.56 Å². The quantitative estimate of drug-likeness (QED) is 0.825. The van der Waals surface area contributed by atoms with Gasteiger partial charge in [0, 0.05) is 19.5 Å². The standard InChI is InChI=1S/C12H14N2O/c1-15-9-11(12-13-7-8-14-12)10-5-3-2-4-6-10/h2-8,11H,9H2,1H3,(H,13,14). The molecule has 3 heteroatoms. The first-order chi connectivity index (χ1) is 7.42. The van der Waals surface area contributed by atoms with E-state index in [0.29, 0.717) is 6.61 Å². The molecule has 0 bridgehead atoms. The van der Waals surface area contributed by atoms with E-state index in [9.17, 15) is 0 Å². The number of nitrogens with zero attached hydrogens (tertiary/aromatic N) is 1. The third-order valence-corrected chi connectivity index (χ3v) is 2.38. The zero-order valence-electron chi connectivity index (χ0n) is 8.68. The highest BCUT2D eigenvalue weighted by Gasteiger charge is 2.15. The Morgan fingerprint density at radius 3 is 2.73 bits per heavy atom. The van der Waals surface area contributed by atoms with Crippen molar-refractivity contribution in [1.82, 2.24) is 9.97 Å². The Hall–Kier alpha value is -1.61. The fraction of sp³-hybridized carbons (Fsp3) is 0.250. The van der Waals surface area contributed by atoms with Gasteiger partial charge in [0.15, 0.2) is 0 Å². The van der Waals surface area contributed by atoms with Crippen LogP contribution in [0.25, 0.3) is 0 Å². The molecule has 0 spiro atoms. The second-order valence-corrected chi connectivity index (χ2v) is 3.39. The van der Waals surface area contributed by atoms with E-state index in [4.69, 9.17) is 4.74 Å². The molecule has 2 rings (SSSR count). The van der Waals surface area contributed by atoms with Crippen molar-refractivity contribution in [3.8, 4) is 0 Å². The molecular weight excluding hydrogens is 188 g/mol. The van der Waals surface area contributed by atoms with Crippen LogP contribution in [0.3, 0.4) is 0 Å². The summed E-state index contributed by atoms with van der Waals surface area (Å²) < 4.78 is 5.22. The van der Waals surface area contributed by atoms with E-state index in [2.05, 4.69) is 22.1 Å². The summed E-state index contributed by atoms with van der Waals surface area (Å²) in [5.41, 5.74) is 1.22. The van der Waals surface area contributed by atoms with Gasteiger partial charge in [0.05, 0.1) is 12.5 Å². The van der Waals surface area contributed by atoms with Crippen molar-refractivity contribution in [1.29, 1.82) is 0 Å². The molecule has 2 aromatic rings. The molecule has 0 aliphatic carbocycles. The van der Waals surface area contributed by atoms with Crippen LogP contribution < -0.4 is 0 Å². The number of hydrogen-bond acceptors (Lipinski definition) is 2. The molecule has 3 nitrogen and oxygen atoms in total. The maximum absolute atomic E-state index is 5.22. The fourth-order valence-electron chi connectivity index (χ4n) is 1.65. The van der Waals surface area contributed by atoms with Gasteiger partial charge in [-0.2, -0.15) is 0 Å². The smallest absolute Gasteiger partial charge is 0.115 e. The lowest BCUT2D eigenvalue weighted by atomic mass is 9.99. The van der Waals surface area contributed by atoms with Gasteiger partial charge in [-0.1, -0.05) is 30.3 Å². The first kappa shape index (κ1) is 9.93. The summed E-state index contributed by atoms with van der Waals surface area (Å²) in [6.07, 6.45) is 3.60. The molecule has 1 heterocycles. The number of benzene rings is 1. The van der Waals surface area contributed by atoms with E-state index in [1.807, 2.05) is 24.4 Å². The minimum atomic E-state index is 0.186. The average Bonchev–Trinajstić information content (AvgIpc) is 2.80. The van der Waals surface area contributed by atoms with Crippen LogP contribution in [0.1, 0.15) is 17.3 Å². The van der Waals surface area contributed by atoms with Crippen LogP contribution in [0.15, 0.2) is 42.7 Å². The van der Waals surface area contributed by atoms with Crippen molar-refractivity contribution >= 4 is 0 Å². The number of H-pyrrole nitrogens is 1. The molecule has 15 heavy (non-hydrogen) atoms. The van der Waals surface area contributed by atoms with E-state index in [0.717, 1.165) is 5.82 Å². The molecule has 78 valence electrons. The van der Waals surface area contributed by atoms with Gasteiger partial charge in [0.25, 0.3) is 0 Å². The van der Waals surface area contributed by atoms with Crippen molar-refractivity contribution in [2.75, 3.05) is 13.7 Å². The molecule has 1 unspecified atom stereocenters. The Kier molecular flexibility index (Phi) is 3.15. The first-order valence-corrected chi connectivity index (χ1v) is 4.95. The van der Waals surface area contributed by atoms with Crippen LogP contribution in [0.2, 0.25) is 0 Å². The molecule has 0 fully saturated rings. The number of nitrogens with one attached hydrogen (secondary N) is 1. The third kappa shape index (κ3) is 2.25. The SMILES string of the molecule is COCC(c1ccccc1)c1ncc[nH]1. The molecular formula is C12H14N2O. The van der Waals surface area contributed by atoms with Gasteiger partial charge in [-0.25, -0.2) is 4.98 Å². The maximum Gasteiger partial charge on any atom is 0.115 e. The normalized spacial score (nSPS) is 12.6. The Balaban J connectivity index is 2.28. The molecule has 0 saturated carbocycles. The Morgan fingerprint density at radius 2 is 2.13 bits per heavy atom. The lowest BCUT2D eigenvalue weighted by molar-refractivity contribution is 0.187. The first-order valence-electron chi connectivity index (χ1n) is 4.95. The topological polar surface area (TPSA) is 37.9 Å². The number of imidazole rings is 1. The van der Waals surface area contributed by atoms with E-state index in [-0.39, 0.29) is 5.92 Å². The molecule has 0 aliphatic rings. The van der Waals surface area contributed by atoms with Gasteiger partial charge in [-0.3, -0.25) is 0 Å². The zero-order chi connectivity index (χ0) is 10.5. The van der Waals surface area contributed by atoms with E-state index in [1.165, 1.54) is 5.56 Å². The third-order valence-electron chi connectivity index (χ3n) is 2.38. The lowest BCUT2D eigenvalue weighted by Crippen LogP contribution is -2.09. The van der Waals surface area contributed by atoms with Gasteiger partial charge < -0.3 is 9.72 Å². The molecule has 1 atom stereocenters. The Morgan fingerprint density at radius 1 is 1.33 bits per heavy atom. The van der Waals surface area contributed by atoms with Crippen molar-refractivity contribution in [2.24, 2.45) is 0 Å². The number of hydrogen-bond donors (Lipinski definition) is 1. The number of ether oxygens (including phenoxy) is 1. The highest BCUT2D eigenvalue weighted by atomic mass is 16.5. The van der Waals surface area contributed by atoms with Crippen molar-refractivity contribution < 1.29 is 4.74 Å². The summed E-state index contributed by atoms with van der Waals surface area (Å²) in [4.78, 5) is 7.41. The average molecular weight is 202 g/mol. The van der Waals surface area contributed by atoms with Crippen LogP contribution in [-0.4, -0.2) is 23.7 Å². The number of aromatic nitrogens is 2. The highest BCUT2D eigenvalue weighted by molar-refractivity contribution is 5.25. The molecule has 1 aromatic carbocycles. The van der Waals surface area contributed by atoms with Crippen molar-refractivity contribution in [3.05, 3.63) is 54.1 Å². The summed E-state index contributed by atoms with van der Waals surface area (Å²) in [6, 6.07) is 10.2. The number of rotatable bonds is 4. The summed E-state index contributed by atoms with van der Waals surface area (Å²) in [6.45, 7) is 0.636. The minimum absolute atomic E-state index is 0.186. The Bertz CT molecular complexity index is 383. The molecule has 0 radical (unpaired) electrons. The van der Waals surface area contributed by atoms with Gasteiger partial charge in [0.1, 0.15) is 5.82 Å². The largest absolute Gasteiger partial charge is 0.384 e. The van der Waals surface area contributed by atoms with Crippen LogP contribution >= 0.6 is 0 Å². The van der Waals surface area contributed by atoms with Crippen LogP contribution in [0.4, 0.5) is 0 Å². The summed E-state index contributed by atoms with van der Waals surface area (Å²) in [5.74, 6) is 1.13. The molecule has 0 saturated heterocycles. The van der Waals surface area contributed by atoms with Crippen LogP contribution in [0, 0.1) is 0 Å². The maximum atomic E-state index is 5.22. The van der Waals surface area contributed by atoms with Crippen molar-refractivity contribution in [3.63, 3.8) is 0 Å². The zero-order valence-corrected chi connectivity index (χ0v) is 8.68. The number of methoxy groups -OCH3 is 1. The van der Waals surface area contributed by atoms with Crippen LogP contribution in [-0.2, 0) is 4.74 Å². The Labute approximate surface area is 89.1 Å². The van der Waals surface area contributed by atoms with E-state index in [1.54, 1.807) is 13.3 Å². The molecule has 1 aromatic heterocycles. The minimum Gasteiger partial charge on any atom is -0.384 e. The molecule has 0 amide bonds. The van der Waals surface area contributed by atoms with Gasteiger partial charge in [0.2, 0.25) is 0 Å². The second-order valence-electron chi connectivity index (χ2n) is 3.39. The predicted molar refractivity (Wildman–Crippen MR) is 58.7 cm³/mol. The monoisotopic (exact) mass is 202 g/mol. The molecule has 0 aliphatic heterocycles. The lowest BCUT2D eigenvalue weighted by Gasteiger charge is -2.13. The van der Waals surface area contributed by atoms with E-state index < -0.39 is 0 Å². The molecule has 1 N–H and O–H groups in total. The fourth-order valence-corrected chi connectivity index (χ4v) is 1.65.